The van der Waals surface area contributed by atoms with Crippen LogP contribution < -0.4 is 14.1 Å². The second-order valence-electron chi connectivity index (χ2n) is 10.0. The number of nitriles is 2. The zero-order valence-corrected chi connectivity index (χ0v) is 21.1. The van der Waals surface area contributed by atoms with E-state index in [0.29, 0.717) is 4.66 Å². The maximum atomic E-state index is 9.36. The fraction of sp³-hybridized carbons (Fsp3) is 0.276. The first-order valence-corrected chi connectivity index (χ1v) is 12.1. The van der Waals surface area contributed by atoms with Gasteiger partial charge in [-0.1, -0.05) is 83.1 Å². The molecule has 0 bridgehead atoms. The lowest BCUT2D eigenvalue weighted by molar-refractivity contribution is 0.568. The highest BCUT2D eigenvalue weighted by molar-refractivity contribution is 7.07. The molecule has 0 fully saturated rings. The van der Waals surface area contributed by atoms with Crippen LogP contribution in [0.2, 0.25) is 0 Å². The number of thiazole rings is 1. The zero-order valence-electron chi connectivity index (χ0n) is 20.3. The van der Waals surface area contributed by atoms with Crippen molar-refractivity contribution in [1.82, 2.24) is 4.98 Å². The van der Waals surface area contributed by atoms with Crippen LogP contribution in [-0.4, -0.2) is 4.98 Å². The van der Waals surface area contributed by atoms with E-state index in [-0.39, 0.29) is 16.4 Å². The maximum Gasteiger partial charge on any atom is 0.165 e. The Bertz CT molecular complexity index is 1440. The fourth-order valence-electron chi connectivity index (χ4n) is 4.44. The van der Waals surface area contributed by atoms with Gasteiger partial charge in [0.2, 0.25) is 0 Å². The molecule has 0 saturated heterocycles. The molecule has 2 aromatic carbocycles. The number of hydrogen-bond acceptors (Lipinski definition) is 5. The molecular weight excluding hydrogens is 436 g/mol. The van der Waals surface area contributed by atoms with Gasteiger partial charge in [0.05, 0.1) is 10.2 Å². The van der Waals surface area contributed by atoms with Crippen LogP contribution in [0.5, 0.6) is 0 Å². The van der Waals surface area contributed by atoms with Gasteiger partial charge in [-0.2, -0.15) is 10.5 Å². The van der Waals surface area contributed by atoms with E-state index in [1.165, 1.54) is 33.8 Å². The minimum atomic E-state index is -0.215. The summed E-state index contributed by atoms with van der Waals surface area (Å²) in [5.41, 5.74) is 5.55. The van der Waals surface area contributed by atoms with E-state index in [4.69, 9.17) is 4.98 Å². The second-order valence-corrected chi connectivity index (χ2v) is 11.0. The van der Waals surface area contributed by atoms with Crippen molar-refractivity contribution in [2.24, 2.45) is 0 Å². The molecule has 34 heavy (non-hydrogen) atoms. The third-order valence-electron chi connectivity index (χ3n) is 6.18. The molecule has 0 spiro atoms. The van der Waals surface area contributed by atoms with Crippen molar-refractivity contribution in [3.05, 3.63) is 92.4 Å². The second kappa shape index (κ2) is 8.93. The van der Waals surface area contributed by atoms with Gasteiger partial charge in [0.15, 0.2) is 5.57 Å². The van der Waals surface area contributed by atoms with Gasteiger partial charge < -0.3 is 4.90 Å². The lowest BCUT2D eigenvalue weighted by Gasteiger charge is -2.27. The Morgan fingerprint density at radius 2 is 1.65 bits per heavy atom. The summed E-state index contributed by atoms with van der Waals surface area (Å²) >= 11 is 1.40. The summed E-state index contributed by atoms with van der Waals surface area (Å²) in [6, 6.07) is 23.1. The normalized spacial score (nSPS) is 16.3. The topological polar surface area (TPSA) is 63.7 Å². The van der Waals surface area contributed by atoms with Crippen LogP contribution in [0.3, 0.4) is 0 Å². The smallest absolute Gasteiger partial charge is 0.165 e. The number of allylic oxidation sites excluding steroid dienone is 2. The molecule has 0 atom stereocenters. The molecule has 0 aliphatic carbocycles. The molecule has 1 aromatic heterocycles. The number of hydrogen-bond donors (Lipinski definition) is 0. The predicted octanol–water partition coefficient (Wildman–Crippen LogP) is 5.30. The molecule has 4 nitrogen and oxygen atoms in total. The van der Waals surface area contributed by atoms with E-state index in [2.05, 4.69) is 100 Å². The molecule has 0 unspecified atom stereocenters. The average Bonchev–Trinajstić information content (AvgIpc) is 3.32. The number of benzene rings is 2. The quantitative estimate of drug-likeness (QED) is 0.528. The van der Waals surface area contributed by atoms with E-state index in [1.54, 1.807) is 0 Å². The van der Waals surface area contributed by atoms with Gasteiger partial charge in [-0.15, -0.1) is 11.3 Å². The summed E-state index contributed by atoms with van der Waals surface area (Å²) < 4.78 is 1.46. The number of rotatable bonds is 3. The molecule has 1 aliphatic rings. The summed E-state index contributed by atoms with van der Waals surface area (Å²) in [6.07, 6.45) is 4.29. The number of aromatic nitrogens is 1. The van der Waals surface area contributed by atoms with Crippen LogP contribution in [0.15, 0.2) is 66.4 Å². The van der Waals surface area contributed by atoms with E-state index in [1.807, 2.05) is 18.2 Å². The highest BCUT2D eigenvalue weighted by Crippen LogP contribution is 2.48. The van der Waals surface area contributed by atoms with Gasteiger partial charge in [-0.25, -0.2) is 4.98 Å². The lowest BCUT2D eigenvalue weighted by Crippen LogP contribution is -2.26. The molecule has 3 aromatic rings. The molecule has 0 N–H and O–H groups in total. The van der Waals surface area contributed by atoms with E-state index in [0.717, 1.165) is 16.8 Å². The summed E-state index contributed by atoms with van der Waals surface area (Å²) in [4.78, 5) is 7.08. The molecule has 2 heterocycles. The van der Waals surface area contributed by atoms with Gasteiger partial charge in [-0.05, 0) is 29.3 Å². The Labute approximate surface area is 205 Å². The van der Waals surface area contributed by atoms with Gasteiger partial charge in [0, 0.05) is 28.8 Å². The van der Waals surface area contributed by atoms with Crippen LogP contribution >= 0.6 is 11.3 Å². The summed E-state index contributed by atoms with van der Waals surface area (Å²) in [6.45, 7) is 11.6. The standard InChI is InChI=1S/C29H28N4S/c1-28(2,3)26-24(34-27(32-26)21(17-30)18-31)15-16-25-29(4,5)22-13-9-10-14-23(22)33(25)19-20-11-7-6-8-12-20/h6-16H,19H2,1-5H3/b24-15-,25-16+. The minimum absolute atomic E-state index is 0.0575. The molecule has 0 radical (unpaired) electrons. The first kappa shape index (κ1) is 23.5. The number of fused-ring (bicyclic) bond motifs is 1. The third-order valence-corrected chi connectivity index (χ3v) is 7.21. The number of para-hydroxylation sites is 1. The molecule has 0 saturated carbocycles. The van der Waals surface area contributed by atoms with Crippen LogP contribution in [-0.2, 0) is 17.4 Å². The van der Waals surface area contributed by atoms with E-state index < -0.39 is 0 Å². The first-order chi connectivity index (χ1) is 16.2. The van der Waals surface area contributed by atoms with Gasteiger partial charge in [0.1, 0.15) is 16.8 Å². The van der Waals surface area contributed by atoms with Crippen molar-refractivity contribution in [2.75, 3.05) is 4.90 Å². The lowest BCUT2D eigenvalue weighted by atomic mass is 9.83. The monoisotopic (exact) mass is 464 g/mol. The Morgan fingerprint density at radius 3 is 2.29 bits per heavy atom. The molecular formula is C29H28N4S. The summed E-state index contributed by atoms with van der Waals surface area (Å²) in [5, 5.41) is 18.7. The average molecular weight is 465 g/mol. The third kappa shape index (κ3) is 4.28. The van der Waals surface area contributed by atoms with Crippen molar-refractivity contribution in [1.29, 1.82) is 10.5 Å². The fourth-order valence-corrected chi connectivity index (χ4v) is 5.56. The highest BCUT2D eigenvalue weighted by atomic mass is 32.1. The van der Waals surface area contributed by atoms with E-state index >= 15 is 0 Å². The maximum absolute atomic E-state index is 9.36. The molecule has 0 amide bonds. The minimum Gasteiger partial charge on any atom is -0.340 e. The largest absolute Gasteiger partial charge is 0.340 e. The van der Waals surface area contributed by atoms with Crippen molar-refractivity contribution in [3.63, 3.8) is 0 Å². The van der Waals surface area contributed by atoms with Gasteiger partial charge in [0.25, 0.3) is 0 Å². The molecule has 4 rings (SSSR count). The Kier molecular flexibility index (Phi) is 6.17. The SMILES string of the molecule is CC(C)(C)c1nc(=C(C#N)C#N)s/c1=C\C=C1\N(Cc2ccccc2)c2ccccc2C1(C)C. The number of nitrogens with zero attached hydrogens (tertiary/aromatic N) is 4. The zero-order chi connectivity index (χ0) is 24.5. The van der Waals surface area contributed by atoms with Crippen molar-refractivity contribution >= 4 is 28.7 Å². The Balaban J connectivity index is 1.92. The predicted molar refractivity (Wildman–Crippen MR) is 139 cm³/mol. The number of anilines is 1. The summed E-state index contributed by atoms with van der Waals surface area (Å²) in [5.74, 6) is 0. The van der Waals surface area contributed by atoms with Crippen LogP contribution in [0, 0.1) is 22.7 Å². The van der Waals surface area contributed by atoms with E-state index in [9.17, 15) is 10.5 Å². The first-order valence-electron chi connectivity index (χ1n) is 11.3. The Morgan fingerprint density at radius 1 is 1.00 bits per heavy atom. The van der Waals surface area contributed by atoms with Crippen LogP contribution in [0.4, 0.5) is 5.69 Å². The van der Waals surface area contributed by atoms with Crippen molar-refractivity contribution in [3.8, 4) is 12.1 Å². The van der Waals surface area contributed by atoms with Crippen LogP contribution in [0.25, 0.3) is 11.6 Å². The summed E-state index contributed by atoms with van der Waals surface area (Å²) in [7, 11) is 0. The van der Waals surface area contributed by atoms with Gasteiger partial charge in [-0.3, -0.25) is 0 Å². The Hall–Kier alpha value is -3.67. The van der Waals surface area contributed by atoms with Crippen LogP contribution in [0.1, 0.15) is 51.4 Å². The molecule has 170 valence electrons. The van der Waals surface area contributed by atoms with Crippen molar-refractivity contribution < 1.29 is 0 Å². The molecule has 5 heteroatoms. The van der Waals surface area contributed by atoms with Gasteiger partial charge >= 0.3 is 0 Å². The molecule has 1 aliphatic heterocycles. The van der Waals surface area contributed by atoms with Crippen molar-refractivity contribution in [2.45, 2.75) is 52.0 Å². The highest BCUT2D eigenvalue weighted by Gasteiger charge is 2.39.